The highest BCUT2D eigenvalue weighted by atomic mass is 32.1. The zero-order valence-electron chi connectivity index (χ0n) is 9.49. The van der Waals surface area contributed by atoms with Crippen molar-refractivity contribution in [1.29, 1.82) is 0 Å². The molecule has 2 aromatic rings. The quantitative estimate of drug-likeness (QED) is 0.815. The highest BCUT2D eigenvalue weighted by Crippen LogP contribution is 2.29. The van der Waals surface area contributed by atoms with Crippen molar-refractivity contribution in [1.82, 2.24) is 15.0 Å². The van der Waals surface area contributed by atoms with Crippen LogP contribution in [0, 0.1) is 0 Å². The molecule has 0 N–H and O–H groups in total. The van der Waals surface area contributed by atoms with Crippen molar-refractivity contribution in [3.05, 3.63) is 35.0 Å². The summed E-state index contributed by atoms with van der Waals surface area (Å²) in [5, 5.41) is 3.29. The fourth-order valence-corrected chi connectivity index (χ4v) is 3.02. The molecule has 0 bridgehead atoms. The van der Waals surface area contributed by atoms with Crippen LogP contribution >= 0.6 is 11.3 Å². The van der Waals surface area contributed by atoms with Crippen molar-refractivity contribution >= 4 is 17.3 Å². The molecule has 1 aliphatic rings. The second-order valence-electron chi connectivity index (χ2n) is 4.20. The lowest BCUT2D eigenvalue weighted by atomic mass is 9.99. The Balaban J connectivity index is 1.76. The third-order valence-electron chi connectivity index (χ3n) is 3.06. The number of piperidine rings is 1. The molecule has 0 unspecified atom stereocenters. The monoisotopic (exact) mass is 246 g/mol. The van der Waals surface area contributed by atoms with Gasteiger partial charge in [-0.2, -0.15) is 0 Å². The number of rotatable bonds is 2. The van der Waals surface area contributed by atoms with Crippen LogP contribution in [0.25, 0.3) is 0 Å². The van der Waals surface area contributed by atoms with Gasteiger partial charge in [-0.1, -0.05) is 0 Å². The van der Waals surface area contributed by atoms with Gasteiger partial charge in [0.25, 0.3) is 0 Å². The third kappa shape index (κ3) is 2.29. The molecule has 1 fully saturated rings. The first-order chi connectivity index (χ1) is 8.43. The molecule has 5 heteroatoms. The number of thiazole rings is 1. The highest BCUT2D eigenvalue weighted by molar-refractivity contribution is 7.09. The number of aromatic nitrogens is 3. The fraction of sp³-hybridized carbons (Fsp3) is 0.417. The Bertz CT molecular complexity index is 457. The lowest BCUT2D eigenvalue weighted by molar-refractivity contribution is 0.502. The summed E-state index contributed by atoms with van der Waals surface area (Å²) in [5.41, 5.74) is 0. The average molecular weight is 246 g/mol. The molecule has 0 aromatic carbocycles. The van der Waals surface area contributed by atoms with Crippen LogP contribution in [0.5, 0.6) is 0 Å². The van der Waals surface area contributed by atoms with Crippen molar-refractivity contribution in [2.45, 2.75) is 18.8 Å². The van der Waals surface area contributed by atoms with Gasteiger partial charge in [0.05, 0.1) is 5.01 Å². The van der Waals surface area contributed by atoms with Crippen LogP contribution in [0.15, 0.2) is 30.0 Å². The lowest BCUT2D eigenvalue weighted by Crippen LogP contribution is -2.35. The topological polar surface area (TPSA) is 41.9 Å². The van der Waals surface area contributed by atoms with E-state index in [1.165, 1.54) is 17.8 Å². The normalized spacial score (nSPS) is 20.5. The van der Waals surface area contributed by atoms with E-state index in [0.717, 1.165) is 19.0 Å². The fourth-order valence-electron chi connectivity index (χ4n) is 2.25. The van der Waals surface area contributed by atoms with Gasteiger partial charge in [-0.25, -0.2) is 15.0 Å². The summed E-state index contributed by atoms with van der Waals surface area (Å²) in [5.74, 6) is 1.38. The number of hydrogen-bond donors (Lipinski definition) is 0. The second-order valence-corrected chi connectivity index (χ2v) is 5.13. The maximum Gasteiger partial charge on any atom is 0.225 e. The van der Waals surface area contributed by atoms with Gasteiger partial charge >= 0.3 is 0 Å². The molecular formula is C12H14N4S. The molecule has 2 aromatic heterocycles. The first-order valence-corrected chi connectivity index (χ1v) is 6.73. The Morgan fingerprint density at radius 3 is 2.82 bits per heavy atom. The van der Waals surface area contributed by atoms with Crippen molar-refractivity contribution in [3.63, 3.8) is 0 Å². The molecule has 1 saturated heterocycles. The SMILES string of the molecule is c1cnc(N2CCC[C@H](c3nccs3)C2)nc1. The van der Waals surface area contributed by atoms with E-state index in [-0.39, 0.29) is 0 Å². The molecule has 88 valence electrons. The van der Waals surface area contributed by atoms with Crippen molar-refractivity contribution < 1.29 is 0 Å². The molecular weight excluding hydrogens is 232 g/mol. The molecule has 0 radical (unpaired) electrons. The van der Waals surface area contributed by atoms with Crippen LogP contribution in [0.4, 0.5) is 5.95 Å². The summed E-state index contributed by atoms with van der Waals surface area (Å²) in [4.78, 5) is 15.3. The molecule has 0 spiro atoms. The van der Waals surface area contributed by atoms with Crippen molar-refractivity contribution in [2.75, 3.05) is 18.0 Å². The van der Waals surface area contributed by atoms with Crippen LogP contribution in [-0.2, 0) is 0 Å². The average Bonchev–Trinajstić information content (AvgIpc) is 2.94. The summed E-state index contributed by atoms with van der Waals surface area (Å²) in [6, 6.07) is 1.85. The summed E-state index contributed by atoms with van der Waals surface area (Å²) >= 11 is 1.75. The third-order valence-corrected chi connectivity index (χ3v) is 4.00. The van der Waals surface area contributed by atoms with E-state index in [2.05, 4.69) is 19.9 Å². The largest absolute Gasteiger partial charge is 0.340 e. The Kier molecular flexibility index (Phi) is 3.00. The molecule has 1 atom stereocenters. The highest BCUT2D eigenvalue weighted by Gasteiger charge is 2.24. The summed E-state index contributed by atoms with van der Waals surface area (Å²) in [7, 11) is 0. The standard InChI is InChI=1S/C12H14N4S/c1-3-10(11-13-6-8-17-11)9-16(7-1)12-14-4-2-5-15-12/h2,4-6,8,10H,1,3,7,9H2/t10-/m0/s1. The smallest absolute Gasteiger partial charge is 0.225 e. The molecule has 3 heterocycles. The van der Waals surface area contributed by atoms with Gasteiger partial charge in [0.1, 0.15) is 0 Å². The van der Waals surface area contributed by atoms with Gasteiger partial charge in [-0.3, -0.25) is 0 Å². The van der Waals surface area contributed by atoms with Crippen LogP contribution < -0.4 is 4.90 Å². The summed E-state index contributed by atoms with van der Waals surface area (Å²) < 4.78 is 0. The van der Waals surface area contributed by atoms with Crippen molar-refractivity contribution in [2.24, 2.45) is 0 Å². The Labute approximate surface area is 104 Å². The predicted molar refractivity (Wildman–Crippen MR) is 68.3 cm³/mol. The second kappa shape index (κ2) is 4.79. The van der Waals surface area contributed by atoms with Crippen LogP contribution in [0.2, 0.25) is 0 Å². The van der Waals surface area contributed by atoms with E-state index in [4.69, 9.17) is 0 Å². The zero-order valence-corrected chi connectivity index (χ0v) is 10.3. The number of hydrogen-bond acceptors (Lipinski definition) is 5. The van der Waals surface area contributed by atoms with E-state index < -0.39 is 0 Å². The van der Waals surface area contributed by atoms with E-state index in [1.54, 1.807) is 23.7 Å². The molecule has 17 heavy (non-hydrogen) atoms. The molecule has 3 rings (SSSR count). The van der Waals surface area contributed by atoms with Crippen molar-refractivity contribution in [3.8, 4) is 0 Å². The Morgan fingerprint density at radius 1 is 1.18 bits per heavy atom. The predicted octanol–water partition coefficient (Wildman–Crippen LogP) is 2.32. The maximum absolute atomic E-state index is 4.42. The minimum Gasteiger partial charge on any atom is -0.340 e. The summed E-state index contributed by atoms with van der Waals surface area (Å²) in [6.07, 6.45) is 7.89. The van der Waals surface area contributed by atoms with Gasteiger partial charge < -0.3 is 4.90 Å². The van der Waals surface area contributed by atoms with E-state index >= 15 is 0 Å². The minimum absolute atomic E-state index is 0.535. The first-order valence-electron chi connectivity index (χ1n) is 5.85. The minimum atomic E-state index is 0.535. The van der Waals surface area contributed by atoms with E-state index in [1.807, 2.05) is 17.6 Å². The lowest BCUT2D eigenvalue weighted by Gasteiger charge is -2.31. The van der Waals surface area contributed by atoms with Crippen LogP contribution in [-0.4, -0.2) is 28.0 Å². The van der Waals surface area contributed by atoms with Gasteiger partial charge in [0.2, 0.25) is 5.95 Å². The van der Waals surface area contributed by atoms with E-state index in [9.17, 15) is 0 Å². The molecule has 4 nitrogen and oxygen atoms in total. The molecule has 0 amide bonds. The molecule has 0 aliphatic carbocycles. The Hall–Kier alpha value is -1.49. The van der Waals surface area contributed by atoms with Gasteiger partial charge in [0.15, 0.2) is 0 Å². The molecule has 1 aliphatic heterocycles. The Morgan fingerprint density at radius 2 is 2.06 bits per heavy atom. The van der Waals surface area contributed by atoms with Crippen LogP contribution in [0.3, 0.4) is 0 Å². The molecule has 0 saturated carbocycles. The number of nitrogens with zero attached hydrogens (tertiary/aromatic N) is 4. The van der Waals surface area contributed by atoms with Gasteiger partial charge in [-0.15, -0.1) is 11.3 Å². The zero-order chi connectivity index (χ0) is 11.5. The van der Waals surface area contributed by atoms with E-state index in [0.29, 0.717) is 5.92 Å². The first kappa shape index (κ1) is 10.7. The van der Waals surface area contributed by atoms with Crippen LogP contribution in [0.1, 0.15) is 23.8 Å². The van der Waals surface area contributed by atoms with Gasteiger partial charge in [0, 0.05) is 43.0 Å². The summed E-state index contributed by atoms with van der Waals surface area (Å²) in [6.45, 7) is 2.03. The maximum atomic E-state index is 4.42. The van der Waals surface area contributed by atoms with Gasteiger partial charge in [-0.05, 0) is 18.9 Å². The number of anilines is 1.